The first-order valence-corrected chi connectivity index (χ1v) is 11.9. The van der Waals surface area contributed by atoms with Gasteiger partial charge in [-0.2, -0.15) is 5.10 Å². The van der Waals surface area contributed by atoms with Crippen molar-refractivity contribution in [2.75, 3.05) is 24.5 Å². The Morgan fingerprint density at radius 3 is 2.79 bits per heavy atom. The third-order valence-corrected chi connectivity index (χ3v) is 7.15. The quantitative estimate of drug-likeness (QED) is 0.428. The van der Waals surface area contributed by atoms with E-state index in [9.17, 15) is 4.79 Å². The van der Waals surface area contributed by atoms with Crippen LogP contribution in [0.25, 0.3) is 33.5 Å². The number of para-hydroxylation sites is 3. The van der Waals surface area contributed by atoms with Crippen LogP contribution in [0.4, 0.5) is 5.00 Å². The summed E-state index contributed by atoms with van der Waals surface area (Å²) < 4.78 is 0. The van der Waals surface area contributed by atoms with Gasteiger partial charge >= 0.3 is 0 Å². The molecule has 1 saturated heterocycles. The number of thiazole rings is 1. The lowest BCUT2D eigenvalue weighted by atomic mass is 10.1. The molecule has 0 bridgehead atoms. The van der Waals surface area contributed by atoms with Gasteiger partial charge in [-0.15, -0.1) is 11.3 Å². The van der Waals surface area contributed by atoms with E-state index in [-0.39, 0.29) is 11.9 Å². The highest BCUT2D eigenvalue weighted by Gasteiger charge is 2.30. The Morgan fingerprint density at radius 1 is 1.12 bits per heavy atom. The molecule has 1 aliphatic rings. The van der Waals surface area contributed by atoms with Gasteiger partial charge < -0.3 is 14.8 Å². The van der Waals surface area contributed by atoms with E-state index in [1.807, 2.05) is 58.9 Å². The summed E-state index contributed by atoms with van der Waals surface area (Å²) in [7, 11) is 0. The molecule has 0 spiro atoms. The van der Waals surface area contributed by atoms with E-state index >= 15 is 0 Å². The van der Waals surface area contributed by atoms with E-state index in [1.54, 1.807) is 11.3 Å². The molecule has 1 fully saturated rings. The molecule has 0 saturated carbocycles. The molecule has 1 atom stereocenters. The van der Waals surface area contributed by atoms with Gasteiger partial charge in [0.1, 0.15) is 10.7 Å². The predicted molar refractivity (Wildman–Crippen MR) is 130 cm³/mol. The van der Waals surface area contributed by atoms with E-state index in [2.05, 4.69) is 32.0 Å². The number of carbonyl (C=O) groups excluding carboxylic acids is 1. The number of aromatic amines is 2. The number of rotatable bonds is 4. The molecule has 2 aromatic carbocycles. The summed E-state index contributed by atoms with van der Waals surface area (Å²) in [6.07, 6.45) is 0.329. The summed E-state index contributed by atoms with van der Waals surface area (Å²) in [5.41, 5.74) is 6.43. The minimum Gasteiger partial charge on any atom is -0.358 e. The molecule has 1 amide bonds. The van der Waals surface area contributed by atoms with Crippen LogP contribution in [0.1, 0.15) is 12.6 Å². The van der Waals surface area contributed by atoms with Gasteiger partial charge in [-0.3, -0.25) is 9.89 Å². The molecule has 6 rings (SSSR count). The zero-order valence-corrected chi connectivity index (χ0v) is 19.0. The van der Waals surface area contributed by atoms with Gasteiger partial charge in [0.05, 0.1) is 34.2 Å². The summed E-state index contributed by atoms with van der Waals surface area (Å²) >= 11 is 1.62. The van der Waals surface area contributed by atoms with Crippen molar-refractivity contribution < 1.29 is 4.79 Å². The average Bonchev–Trinajstić information content (AvgIpc) is 3.57. The number of piperazine rings is 1. The van der Waals surface area contributed by atoms with Crippen LogP contribution in [0, 0.1) is 0 Å². The number of hydrogen-bond donors (Lipinski definition) is 2. The molecule has 33 heavy (non-hydrogen) atoms. The minimum atomic E-state index is 0.0889. The smallest absolute Gasteiger partial charge is 0.228 e. The molecule has 1 aliphatic heterocycles. The fourth-order valence-corrected chi connectivity index (χ4v) is 5.44. The SMILES string of the molecule is CC1CN(c2scnc2-c2nc3ccccc3[nH]2)CCN1C(=O)Cc1[nH]nc2ccccc12. The third kappa shape index (κ3) is 3.54. The fraction of sp³-hybridized carbons (Fsp3) is 0.250. The summed E-state index contributed by atoms with van der Waals surface area (Å²) in [5.74, 6) is 0.906. The summed E-state index contributed by atoms with van der Waals surface area (Å²) in [4.78, 5) is 30.2. The second-order valence-corrected chi connectivity index (χ2v) is 9.22. The van der Waals surface area contributed by atoms with Crippen molar-refractivity contribution in [3.05, 3.63) is 59.7 Å². The van der Waals surface area contributed by atoms with Crippen molar-refractivity contribution in [1.29, 1.82) is 0 Å². The molecule has 5 aromatic rings. The number of H-pyrrole nitrogens is 2. The van der Waals surface area contributed by atoms with Gasteiger partial charge in [0.25, 0.3) is 0 Å². The Bertz CT molecular complexity index is 1420. The first-order valence-electron chi connectivity index (χ1n) is 11.0. The monoisotopic (exact) mass is 457 g/mol. The molecule has 8 nitrogen and oxygen atoms in total. The van der Waals surface area contributed by atoms with Gasteiger partial charge in [0.15, 0.2) is 5.82 Å². The maximum atomic E-state index is 13.1. The number of amides is 1. The predicted octanol–water partition coefficient (Wildman–Crippen LogP) is 3.84. The zero-order chi connectivity index (χ0) is 22.4. The van der Waals surface area contributed by atoms with Crippen molar-refractivity contribution in [2.24, 2.45) is 0 Å². The van der Waals surface area contributed by atoms with Gasteiger partial charge in [-0.1, -0.05) is 30.3 Å². The number of carbonyl (C=O) groups is 1. The summed E-state index contributed by atoms with van der Waals surface area (Å²) in [6, 6.07) is 16.0. The Hall–Kier alpha value is -3.72. The van der Waals surface area contributed by atoms with Crippen LogP contribution in [0.15, 0.2) is 54.0 Å². The largest absolute Gasteiger partial charge is 0.358 e. The van der Waals surface area contributed by atoms with Crippen LogP contribution in [-0.2, 0) is 11.2 Å². The third-order valence-electron chi connectivity index (χ3n) is 6.27. The molecule has 9 heteroatoms. The molecule has 0 radical (unpaired) electrons. The van der Waals surface area contributed by atoms with Crippen LogP contribution in [-0.4, -0.2) is 61.6 Å². The van der Waals surface area contributed by atoms with E-state index in [4.69, 9.17) is 4.98 Å². The molecule has 0 aliphatic carbocycles. The van der Waals surface area contributed by atoms with Crippen LogP contribution >= 0.6 is 11.3 Å². The van der Waals surface area contributed by atoms with Gasteiger partial charge in [-0.05, 0) is 25.1 Å². The Kier molecular flexibility index (Phi) is 4.83. The number of hydrogen-bond acceptors (Lipinski definition) is 6. The van der Waals surface area contributed by atoms with Gasteiger partial charge in [-0.25, -0.2) is 9.97 Å². The van der Waals surface area contributed by atoms with Crippen LogP contribution in [0.2, 0.25) is 0 Å². The summed E-state index contributed by atoms with van der Waals surface area (Å²) in [6.45, 7) is 4.29. The number of nitrogens with zero attached hydrogens (tertiary/aromatic N) is 5. The average molecular weight is 458 g/mol. The topological polar surface area (TPSA) is 93.8 Å². The Morgan fingerprint density at radius 2 is 1.94 bits per heavy atom. The van der Waals surface area contributed by atoms with E-state index < -0.39 is 0 Å². The van der Waals surface area contributed by atoms with E-state index in [0.717, 1.165) is 57.2 Å². The first kappa shape index (κ1) is 19.9. The zero-order valence-electron chi connectivity index (χ0n) is 18.2. The number of fused-ring (bicyclic) bond motifs is 2. The van der Waals surface area contributed by atoms with E-state index in [0.29, 0.717) is 13.0 Å². The van der Waals surface area contributed by atoms with Crippen LogP contribution in [0.5, 0.6) is 0 Å². The molecule has 3 aromatic heterocycles. The maximum absolute atomic E-state index is 13.1. The van der Waals surface area contributed by atoms with Gasteiger partial charge in [0, 0.05) is 31.1 Å². The van der Waals surface area contributed by atoms with Crippen molar-refractivity contribution >= 4 is 44.2 Å². The Labute approximate surface area is 194 Å². The van der Waals surface area contributed by atoms with Crippen LogP contribution in [0.3, 0.4) is 0 Å². The molecular weight excluding hydrogens is 434 g/mol. The number of anilines is 1. The van der Waals surface area contributed by atoms with Crippen LogP contribution < -0.4 is 4.90 Å². The number of benzene rings is 2. The molecular formula is C24H23N7OS. The second-order valence-electron chi connectivity index (χ2n) is 8.39. The molecule has 1 unspecified atom stereocenters. The summed E-state index contributed by atoms with van der Waals surface area (Å²) in [5, 5.41) is 9.46. The highest BCUT2D eigenvalue weighted by Crippen LogP contribution is 2.34. The number of nitrogens with one attached hydrogen (secondary N) is 2. The molecule has 2 N–H and O–H groups in total. The second kappa shape index (κ2) is 8.00. The number of aromatic nitrogens is 5. The van der Waals surface area contributed by atoms with Crippen molar-refractivity contribution in [3.8, 4) is 11.5 Å². The van der Waals surface area contributed by atoms with Crippen molar-refractivity contribution in [3.63, 3.8) is 0 Å². The van der Waals surface area contributed by atoms with Crippen molar-refractivity contribution in [1.82, 2.24) is 30.0 Å². The lowest BCUT2D eigenvalue weighted by Crippen LogP contribution is -2.54. The molecule has 166 valence electrons. The Balaban J connectivity index is 1.19. The van der Waals surface area contributed by atoms with Crippen molar-refractivity contribution in [2.45, 2.75) is 19.4 Å². The lowest BCUT2D eigenvalue weighted by Gasteiger charge is -2.40. The normalized spacial score (nSPS) is 16.7. The maximum Gasteiger partial charge on any atom is 0.228 e. The van der Waals surface area contributed by atoms with Gasteiger partial charge in [0.2, 0.25) is 5.91 Å². The standard InChI is InChI=1S/C24H23N7OS/c1-15-13-30(24-22(25-14-33-24)23-26-18-8-4-5-9-19(18)27-23)10-11-31(15)21(32)12-20-16-6-2-3-7-17(16)28-29-20/h2-9,14-15H,10-13H2,1H3,(H,26,27)(H,28,29). The lowest BCUT2D eigenvalue weighted by molar-refractivity contribution is -0.132. The van der Waals surface area contributed by atoms with E-state index in [1.165, 1.54) is 0 Å². The first-order chi connectivity index (χ1) is 16.2. The highest BCUT2D eigenvalue weighted by molar-refractivity contribution is 7.14. The number of imidazole rings is 1. The fourth-order valence-electron chi connectivity index (χ4n) is 4.61. The molecule has 4 heterocycles. The highest BCUT2D eigenvalue weighted by atomic mass is 32.1. The minimum absolute atomic E-state index is 0.0889.